The van der Waals surface area contributed by atoms with Crippen LogP contribution in [0.4, 0.5) is 0 Å². The lowest BCUT2D eigenvalue weighted by Gasteiger charge is -2.39. The Kier molecular flexibility index (Phi) is 7.90. The highest BCUT2D eigenvalue weighted by atomic mass is 16.3. The van der Waals surface area contributed by atoms with E-state index in [1.165, 1.54) is 0 Å². The van der Waals surface area contributed by atoms with Gasteiger partial charge in [0.2, 0.25) is 0 Å². The summed E-state index contributed by atoms with van der Waals surface area (Å²) >= 11 is 0. The Morgan fingerprint density at radius 2 is 1.62 bits per heavy atom. The molecule has 0 radical (unpaired) electrons. The number of aliphatic hydroxyl groups excluding tert-OH is 1. The van der Waals surface area contributed by atoms with Gasteiger partial charge in [-0.1, -0.05) is 96.4 Å². The van der Waals surface area contributed by atoms with E-state index in [0.717, 1.165) is 27.8 Å². The van der Waals surface area contributed by atoms with Crippen LogP contribution >= 0.6 is 0 Å². The summed E-state index contributed by atoms with van der Waals surface area (Å²) in [6.07, 6.45) is 3.88. The third-order valence-corrected chi connectivity index (χ3v) is 7.40. The Morgan fingerprint density at radius 3 is 2.36 bits per heavy atom. The number of rotatable bonds is 10. The predicted octanol–water partition coefficient (Wildman–Crippen LogP) is 5.08. The number of benzene rings is 3. The van der Waals surface area contributed by atoms with E-state index in [1.807, 2.05) is 109 Å². The van der Waals surface area contributed by atoms with Gasteiger partial charge in [0.05, 0.1) is 6.61 Å². The van der Waals surface area contributed by atoms with Crippen molar-refractivity contribution >= 4 is 11.6 Å². The van der Waals surface area contributed by atoms with Crippen molar-refractivity contribution in [1.29, 1.82) is 0 Å². The van der Waals surface area contributed by atoms with Crippen molar-refractivity contribution in [3.63, 3.8) is 0 Å². The zero-order valence-electron chi connectivity index (χ0n) is 22.0. The Balaban J connectivity index is 1.75. The largest absolute Gasteiger partial charge is 0.395 e. The molecule has 1 aliphatic rings. The molecule has 196 valence electrons. The highest BCUT2D eigenvalue weighted by Crippen LogP contribution is 2.46. The Hall–Kier alpha value is -4.21. The summed E-state index contributed by atoms with van der Waals surface area (Å²) in [6, 6.07) is 29.3. The van der Waals surface area contributed by atoms with E-state index in [0.29, 0.717) is 30.6 Å². The second-order valence-electron chi connectivity index (χ2n) is 9.96. The van der Waals surface area contributed by atoms with Gasteiger partial charge in [-0.3, -0.25) is 4.79 Å². The Labute approximate surface area is 228 Å². The number of pyridine rings is 1. The molecule has 3 N–H and O–H groups in total. The van der Waals surface area contributed by atoms with E-state index in [9.17, 15) is 15.0 Å². The van der Waals surface area contributed by atoms with Crippen molar-refractivity contribution in [2.24, 2.45) is 0 Å². The molecular formula is C34H32N2O3. The van der Waals surface area contributed by atoms with Crippen LogP contribution in [0.2, 0.25) is 0 Å². The summed E-state index contributed by atoms with van der Waals surface area (Å²) in [5.74, 6) is -0.705. The summed E-state index contributed by atoms with van der Waals surface area (Å²) < 4.78 is 0. The van der Waals surface area contributed by atoms with Crippen LogP contribution in [0.1, 0.15) is 34.6 Å². The fourth-order valence-electron chi connectivity index (χ4n) is 5.37. The molecule has 5 heteroatoms. The highest BCUT2D eigenvalue weighted by molar-refractivity contribution is 5.82. The maximum atomic E-state index is 13.6. The van der Waals surface area contributed by atoms with E-state index in [2.05, 4.69) is 16.4 Å². The maximum Gasteiger partial charge on any atom is 0.251 e. The quantitative estimate of drug-likeness (QED) is 0.257. The number of aliphatic hydroxyl groups is 2. The van der Waals surface area contributed by atoms with Gasteiger partial charge in [0.1, 0.15) is 5.60 Å². The molecule has 0 saturated carbocycles. The molecule has 0 spiro atoms. The molecule has 0 aliphatic heterocycles. The second kappa shape index (κ2) is 11.7. The highest BCUT2D eigenvalue weighted by Gasteiger charge is 2.44. The van der Waals surface area contributed by atoms with Crippen LogP contribution in [-0.4, -0.2) is 52.4 Å². The molecule has 2 unspecified atom stereocenters. The number of H-pyrrole nitrogens is 1. The smallest absolute Gasteiger partial charge is 0.251 e. The van der Waals surface area contributed by atoms with E-state index in [4.69, 9.17) is 0 Å². The van der Waals surface area contributed by atoms with Crippen LogP contribution in [-0.2, 0) is 0 Å². The lowest BCUT2D eigenvalue weighted by molar-refractivity contribution is 0.0621. The molecule has 3 aromatic carbocycles. The molecule has 39 heavy (non-hydrogen) atoms. The van der Waals surface area contributed by atoms with Crippen LogP contribution in [0, 0.1) is 0 Å². The van der Waals surface area contributed by atoms with E-state index < -0.39 is 11.5 Å². The number of hydrogen-bond acceptors (Lipinski definition) is 4. The van der Waals surface area contributed by atoms with E-state index >= 15 is 0 Å². The topological polar surface area (TPSA) is 76.6 Å². The maximum absolute atomic E-state index is 13.6. The standard InChI is InChI=1S/C34H32N2O3/c1-36(21-22-37)20-19-34(39,31-18-10-16-26-13-8-9-17-29(26)31)32(27-14-6-3-7-15-27)30-23-28(24-35-33(30)38)25-11-4-2-5-12-25/h2-9,11-17,23-24,32,37,39H,19-22H2,1H3,(H,35,38). The van der Waals surface area contributed by atoms with Crippen molar-refractivity contribution in [1.82, 2.24) is 9.88 Å². The SMILES string of the molecule is CN(CCO)CCC(O)(C1=C=C=Cc2ccccc21)C(c1ccccc1)c1cc(-c2ccccc2)c[nH]c1=O. The fourth-order valence-corrected chi connectivity index (χ4v) is 5.37. The van der Waals surface area contributed by atoms with Gasteiger partial charge in [-0.2, -0.15) is 0 Å². The zero-order chi connectivity index (χ0) is 27.2. The molecule has 4 aromatic rings. The molecule has 1 heterocycles. The fraction of sp³-hybridized carbons (Fsp3) is 0.206. The molecular weight excluding hydrogens is 484 g/mol. The predicted molar refractivity (Wildman–Crippen MR) is 156 cm³/mol. The number of hydrogen-bond donors (Lipinski definition) is 3. The lowest BCUT2D eigenvalue weighted by Crippen LogP contribution is -2.43. The summed E-state index contributed by atoms with van der Waals surface area (Å²) in [4.78, 5) is 18.5. The van der Waals surface area contributed by atoms with Crippen molar-refractivity contribution in [2.45, 2.75) is 17.9 Å². The number of aromatic nitrogens is 1. The summed E-state index contributed by atoms with van der Waals surface area (Å²) in [7, 11) is 1.91. The number of likely N-dealkylation sites (N-methyl/N-ethyl adjacent to an activating group) is 1. The minimum atomic E-state index is -1.52. The third kappa shape index (κ3) is 5.50. The van der Waals surface area contributed by atoms with E-state index in [-0.39, 0.29) is 12.2 Å². The van der Waals surface area contributed by atoms with Crippen molar-refractivity contribution < 1.29 is 10.2 Å². The zero-order valence-corrected chi connectivity index (χ0v) is 22.0. The van der Waals surface area contributed by atoms with Crippen LogP contribution in [0.5, 0.6) is 0 Å². The average Bonchev–Trinajstić information content (AvgIpc) is 2.98. The number of nitrogens with one attached hydrogen (secondary N) is 1. The van der Waals surface area contributed by atoms with Crippen LogP contribution in [0.3, 0.4) is 0 Å². The van der Waals surface area contributed by atoms with Crippen LogP contribution < -0.4 is 5.56 Å². The van der Waals surface area contributed by atoms with Gasteiger partial charge in [-0.05, 0) is 53.4 Å². The van der Waals surface area contributed by atoms with Crippen molar-refractivity contribution in [3.8, 4) is 11.1 Å². The molecule has 0 saturated heterocycles. The average molecular weight is 517 g/mol. The van der Waals surface area contributed by atoms with Gasteiger partial charge in [0.15, 0.2) is 0 Å². The van der Waals surface area contributed by atoms with Crippen LogP contribution in [0.25, 0.3) is 22.8 Å². The summed E-state index contributed by atoms with van der Waals surface area (Å²) in [5.41, 5.74) is 10.1. The van der Waals surface area contributed by atoms with Crippen molar-refractivity contribution in [2.75, 3.05) is 26.7 Å². The van der Waals surface area contributed by atoms with Crippen LogP contribution in [0.15, 0.2) is 113 Å². The first-order valence-corrected chi connectivity index (χ1v) is 13.2. The monoisotopic (exact) mass is 516 g/mol. The number of fused-ring (bicyclic) bond motifs is 1. The molecule has 5 rings (SSSR count). The molecule has 2 atom stereocenters. The second-order valence-corrected chi connectivity index (χ2v) is 9.96. The van der Waals surface area contributed by atoms with Gasteiger partial charge < -0.3 is 20.1 Å². The molecule has 1 aromatic heterocycles. The Bertz CT molecular complexity index is 1600. The lowest BCUT2D eigenvalue weighted by atomic mass is 9.69. The van der Waals surface area contributed by atoms with Gasteiger partial charge in [0.25, 0.3) is 5.56 Å². The van der Waals surface area contributed by atoms with Gasteiger partial charge >= 0.3 is 0 Å². The molecule has 0 fully saturated rings. The summed E-state index contributed by atoms with van der Waals surface area (Å²) in [6.45, 7) is 0.985. The molecule has 0 bridgehead atoms. The molecule has 5 nitrogen and oxygen atoms in total. The Morgan fingerprint density at radius 1 is 0.923 bits per heavy atom. The first-order valence-electron chi connectivity index (χ1n) is 13.2. The van der Waals surface area contributed by atoms with Gasteiger partial charge in [0, 0.05) is 36.3 Å². The van der Waals surface area contributed by atoms with Crippen molar-refractivity contribution in [3.05, 3.63) is 141 Å². The first-order chi connectivity index (χ1) is 19.0. The molecule has 1 aliphatic carbocycles. The minimum Gasteiger partial charge on any atom is -0.395 e. The normalized spacial score (nSPS) is 14.5. The van der Waals surface area contributed by atoms with Gasteiger partial charge in [-0.25, -0.2) is 0 Å². The minimum absolute atomic E-state index is 0.0179. The van der Waals surface area contributed by atoms with E-state index in [1.54, 1.807) is 6.20 Å². The number of aromatic amines is 1. The molecule has 0 amide bonds. The summed E-state index contributed by atoms with van der Waals surface area (Å²) in [5, 5.41) is 22.5. The van der Waals surface area contributed by atoms with Gasteiger partial charge in [-0.15, -0.1) is 0 Å². The number of nitrogens with zero attached hydrogens (tertiary/aromatic N) is 1. The first kappa shape index (κ1) is 26.4. The third-order valence-electron chi connectivity index (χ3n) is 7.40.